The summed E-state index contributed by atoms with van der Waals surface area (Å²) in [4.78, 5) is 52.7. The molecule has 7 rings (SSSR count). The molecule has 0 spiro atoms. The molecule has 6 aliphatic carbocycles. The number of allylic oxidation sites excluding steroid dienone is 1. The maximum absolute atomic E-state index is 13.9. The van der Waals surface area contributed by atoms with Gasteiger partial charge in [-0.15, -0.1) is 10.2 Å². The molecule has 0 aromatic carbocycles. The van der Waals surface area contributed by atoms with E-state index in [4.69, 9.17) is 9.15 Å². The van der Waals surface area contributed by atoms with Gasteiger partial charge in [0.2, 0.25) is 5.89 Å². The van der Waals surface area contributed by atoms with Gasteiger partial charge in [0.05, 0.1) is 17.4 Å². The number of esters is 1. The van der Waals surface area contributed by atoms with Crippen molar-refractivity contribution < 1.29 is 33.4 Å². The van der Waals surface area contributed by atoms with Gasteiger partial charge in [-0.05, 0) is 122 Å². The van der Waals surface area contributed by atoms with Crippen LogP contribution in [0, 0.1) is 64.1 Å². The molecular formula is C41H59N3O7. The van der Waals surface area contributed by atoms with Crippen LogP contribution in [0.25, 0.3) is 0 Å². The summed E-state index contributed by atoms with van der Waals surface area (Å²) >= 11 is 0. The van der Waals surface area contributed by atoms with Crippen LogP contribution in [0.1, 0.15) is 149 Å². The Morgan fingerprint density at radius 3 is 2.27 bits per heavy atom. The van der Waals surface area contributed by atoms with E-state index in [0.717, 1.165) is 62.5 Å². The second kappa shape index (κ2) is 12.3. The van der Waals surface area contributed by atoms with Crippen molar-refractivity contribution in [2.24, 2.45) is 57.2 Å². The number of Topliss-reactive ketones (excluding diaryl/α,β-unsaturated/α-hetero) is 1. The summed E-state index contributed by atoms with van der Waals surface area (Å²) in [5.41, 5.74) is 1.14. The number of rotatable bonds is 6. The molecule has 280 valence electrons. The van der Waals surface area contributed by atoms with Crippen molar-refractivity contribution in [3.63, 3.8) is 0 Å². The highest BCUT2D eigenvalue weighted by Crippen LogP contribution is 2.76. The number of carbonyl (C=O) groups excluding carboxylic acids is 3. The number of hydrogen-bond acceptors (Lipinski definition) is 8. The number of ketones is 1. The number of amides is 1. The van der Waals surface area contributed by atoms with Gasteiger partial charge in [-0.1, -0.05) is 54.9 Å². The zero-order chi connectivity index (χ0) is 36.9. The Morgan fingerprint density at radius 1 is 0.882 bits per heavy atom. The predicted molar refractivity (Wildman–Crippen MR) is 189 cm³/mol. The van der Waals surface area contributed by atoms with Gasteiger partial charge in [0.15, 0.2) is 5.78 Å². The molecule has 51 heavy (non-hydrogen) atoms. The Bertz CT molecular complexity index is 1660. The van der Waals surface area contributed by atoms with E-state index < -0.39 is 23.3 Å². The number of carboxylic acids is 1. The number of carbonyl (C=O) groups is 4. The average Bonchev–Trinajstić information content (AvgIpc) is 3.63. The van der Waals surface area contributed by atoms with E-state index in [1.54, 1.807) is 6.92 Å². The number of ether oxygens (including phenoxy) is 1. The fourth-order valence-corrected chi connectivity index (χ4v) is 13.5. The van der Waals surface area contributed by atoms with Gasteiger partial charge in [0.1, 0.15) is 6.10 Å². The molecule has 10 nitrogen and oxygen atoms in total. The van der Waals surface area contributed by atoms with E-state index in [-0.39, 0.29) is 69.6 Å². The second-order valence-electron chi connectivity index (χ2n) is 19.0. The normalized spacial score (nSPS) is 41.6. The SMILES string of the molecule is Cc1nnc(C(=O)N[C@@]23CC[C@]4(C)C(CCC5[C@@]6(C)CC[C@H](OC(=O)[C@H]7CCC[C@@H](C(=O)O)C7)C(C)(C)C6CC[C@]54C)C2=C(C(C)C)C(=O)C3)o1. The Kier molecular flexibility index (Phi) is 8.73. The van der Waals surface area contributed by atoms with Gasteiger partial charge in [-0.2, -0.15) is 0 Å². The first-order valence-corrected chi connectivity index (χ1v) is 19.7. The van der Waals surface area contributed by atoms with Gasteiger partial charge in [-0.25, -0.2) is 0 Å². The van der Waals surface area contributed by atoms with E-state index in [1.165, 1.54) is 0 Å². The molecule has 0 aliphatic heterocycles. The third-order valence-corrected chi connectivity index (χ3v) is 16.1. The number of aryl methyl sites for hydroxylation is 1. The van der Waals surface area contributed by atoms with Crippen molar-refractivity contribution in [3.05, 3.63) is 22.9 Å². The molecule has 2 N–H and O–H groups in total. The van der Waals surface area contributed by atoms with Crippen LogP contribution >= 0.6 is 0 Å². The van der Waals surface area contributed by atoms with Crippen molar-refractivity contribution in [1.29, 1.82) is 0 Å². The van der Waals surface area contributed by atoms with Crippen molar-refractivity contribution in [2.75, 3.05) is 0 Å². The van der Waals surface area contributed by atoms with Gasteiger partial charge in [0.25, 0.3) is 0 Å². The monoisotopic (exact) mass is 705 g/mol. The molecule has 0 radical (unpaired) electrons. The molecule has 1 aromatic heterocycles. The fraction of sp³-hybridized carbons (Fsp3) is 0.805. The Balaban J connectivity index is 1.16. The maximum Gasteiger partial charge on any atom is 0.309 e. The zero-order valence-electron chi connectivity index (χ0n) is 32.0. The minimum atomic E-state index is -0.807. The van der Waals surface area contributed by atoms with Crippen LogP contribution in [-0.4, -0.2) is 50.6 Å². The largest absolute Gasteiger partial charge is 0.481 e. The van der Waals surface area contributed by atoms with E-state index in [9.17, 15) is 24.3 Å². The van der Waals surface area contributed by atoms with E-state index in [2.05, 4.69) is 64.0 Å². The molecule has 1 amide bonds. The third-order valence-electron chi connectivity index (χ3n) is 16.1. The number of aromatic nitrogens is 2. The number of carboxylic acid groups (broad SMARTS) is 1. The van der Waals surface area contributed by atoms with Crippen molar-refractivity contribution in [2.45, 2.75) is 151 Å². The van der Waals surface area contributed by atoms with Crippen LogP contribution in [-0.2, 0) is 19.1 Å². The topological polar surface area (TPSA) is 149 Å². The summed E-state index contributed by atoms with van der Waals surface area (Å²) in [7, 11) is 0. The van der Waals surface area contributed by atoms with E-state index >= 15 is 0 Å². The average molecular weight is 706 g/mol. The summed E-state index contributed by atoms with van der Waals surface area (Å²) in [6.45, 7) is 18.0. The lowest BCUT2D eigenvalue weighted by Gasteiger charge is -2.72. The van der Waals surface area contributed by atoms with Crippen molar-refractivity contribution in [1.82, 2.24) is 15.5 Å². The minimum Gasteiger partial charge on any atom is -0.481 e. The van der Waals surface area contributed by atoms with Gasteiger partial charge in [-0.3, -0.25) is 19.2 Å². The molecular weight excluding hydrogens is 646 g/mol. The number of aliphatic carboxylic acids is 1. The van der Waals surface area contributed by atoms with Gasteiger partial charge >= 0.3 is 23.7 Å². The first kappa shape index (κ1) is 36.3. The van der Waals surface area contributed by atoms with Gasteiger partial charge < -0.3 is 19.6 Å². The van der Waals surface area contributed by atoms with Crippen molar-refractivity contribution >= 4 is 23.6 Å². The summed E-state index contributed by atoms with van der Waals surface area (Å²) < 4.78 is 11.9. The Hall–Kier alpha value is -3.04. The quantitative estimate of drug-likeness (QED) is 0.285. The minimum absolute atomic E-state index is 0.0230. The number of fused-ring (bicyclic) bond motifs is 7. The lowest BCUT2D eigenvalue weighted by Crippen LogP contribution is -2.67. The Labute approximate surface area is 302 Å². The van der Waals surface area contributed by atoms with Crippen molar-refractivity contribution in [3.8, 4) is 0 Å². The summed E-state index contributed by atoms with van der Waals surface area (Å²) in [5.74, 6) is -0.710. The summed E-state index contributed by atoms with van der Waals surface area (Å²) in [6.07, 6.45) is 10.1. The van der Waals surface area contributed by atoms with Crippen LogP contribution < -0.4 is 5.32 Å². The highest BCUT2D eigenvalue weighted by molar-refractivity contribution is 6.03. The van der Waals surface area contributed by atoms with E-state index in [1.807, 2.05) is 0 Å². The molecule has 1 heterocycles. The van der Waals surface area contributed by atoms with Crippen LogP contribution in [0.2, 0.25) is 0 Å². The lowest BCUT2D eigenvalue weighted by molar-refractivity contribution is -0.233. The number of nitrogens with zero attached hydrogens (tertiary/aromatic N) is 2. The maximum atomic E-state index is 13.9. The van der Waals surface area contributed by atoms with Crippen LogP contribution in [0.5, 0.6) is 0 Å². The third kappa shape index (κ3) is 5.37. The highest BCUT2D eigenvalue weighted by Gasteiger charge is 2.70. The Morgan fingerprint density at radius 2 is 1.61 bits per heavy atom. The number of hydrogen-bond donors (Lipinski definition) is 2. The van der Waals surface area contributed by atoms with Crippen LogP contribution in [0.15, 0.2) is 15.6 Å². The molecule has 5 fully saturated rings. The first-order valence-electron chi connectivity index (χ1n) is 19.7. The summed E-state index contributed by atoms with van der Waals surface area (Å²) in [5, 5.41) is 20.8. The molecule has 6 aliphatic rings. The molecule has 10 heteroatoms. The molecule has 5 saturated carbocycles. The molecule has 10 atom stereocenters. The molecule has 1 aromatic rings. The lowest BCUT2D eigenvalue weighted by atomic mass is 9.33. The molecule has 0 saturated heterocycles. The van der Waals surface area contributed by atoms with Crippen LogP contribution in [0.4, 0.5) is 0 Å². The van der Waals surface area contributed by atoms with Gasteiger partial charge in [0, 0.05) is 18.8 Å². The molecule has 3 unspecified atom stereocenters. The van der Waals surface area contributed by atoms with E-state index in [0.29, 0.717) is 43.4 Å². The highest BCUT2D eigenvalue weighted by atomic mass is 16.5. The number of nitrogens with one attached hydrogen (secondary N) is 1. The fourth-order valence-electron chi connectivity index (χ4n) is 13.5. The first-order chi connectivity index (χ1) is 23.9. The second-order valence-corrected chi connectivity index (χ2v) is 19.0. The zero-order valence-corrected chi connectivity index (χ0v) is 32.0. The standard InChI is InChI=1S/C41H59N3O7/c1-22(2)31-27(45)21-41(42-33(46)34-44-43-23(3)50-34)19-18-39(7)26(32(31)41)12-13-29-38(6)16-15-30(37(4,5)28(38)14-17-40(29,39)8)51-36(49)25-11-9-10-24(20-25)35(47)48/h22,24-26,28-30H,9-21H2,1-8H3,(H,42,46)(H,47,48)/t24-,25+,26?,28?,29?,30+,38+,39-,40-,41-/m1/s1. The predicted octanol–water partition coefficient (Wildman–Crippen LogP) is 7.64. The smallest absolute Gasteiger partial charge is 0.309 e. The molecule has 0 bridgehead atoms. The summed E-state index contributed by atoms with van der Waals surface area (Å²) in [6, 6.07) is 0. The van der Waals surface area contributed by atoms with Crippen LogP contribution in [0.3, 0.4) is 0 Å².